The summed E-state index contributed by atoms with van der Waals surface area (Å²) >= 11 is 0. The molecule has 4 nitrogen and oxygen atoms in total. The average molecular weight is 536 g/mol. The van der Waals surface area contributed by atoms with Gasteiger partial charge in [0, 0.05) is 24.9 Å². The molecule has 204 valence electrons. The highest BCUT2D eigenvalue weighted by Crippen LogP contribution is 2.43. The smallest absolute Gasteiger partial charge is 0.375 e. The fourth-order valence-corrected chi connectivity index (χ4v) is 5.00. The molecule has 4 rings (SSSR count). The zero-order valence-electron chi connectivity index (χ0n) is 20.3. The van der Waals surface area contributed by atoms with E-state index in [2.05, 4.69) is 4.90 Å². The largest absolute Gasteiger partial charge is 0.416 e. The molecule has 3 unspecified atom stereocenters. The summed E-state index contributed by atoms with van der Waals surface area (Å²) in [5.41, 5.74) is -2.42. The minimum atomic E-state index is -4.97. The Morgan fingerprint density at radius 2 is 1.54 bits per heavy atom. The first kappa shape index (κ1) is 27.8. The van der Waals surface area contributed by atoms with E-state index in [-0.39, 0.29) is 30.3 Å². The standard InChI is InChI=1S/C26H28F7NO3/c1-15(17-11-18(25(28,29)30)13-19(12-17)26(31,32)33)37-24-23(16-3-5-20(27)6-4-16)21(7-9-36-24)22-14-34(2)8-10-35-22/h3-6,11-13,15,21-24H,7-10,14H2,1-2H3/t15?,21-,22?,23-,24?/m1/s1. The van der Waals surface area contributed by atoms with Crippen molar-refractivity contribution in [1.82, 2.24) is 4.90 Å². The second-order valence-electron chi connectivity index (χ2n) is 9.56. The summed E-state index contributed by atoms with van der Waals surface area (Å²) in [5, 5.41) is 0. The number of alkyl halides is 6. The van der Waals surface area contributed by atoms with E-state index in [0.29, 0.717) is 37.3 Å². The monoisotopic (exact) mass is 535 g/mol. The Morgan fingerprint density at radius 3 is 2.11 bits per heavy atom. The van der Waals surface area contributed by atoms with Crippen LogP contribution in [0.25, 0.3) is 0 Å². The van der Waals surface area contributed by atoms with Crippen molar-refractivity contribution in [3.8, 4) is 0 Å². The molecular formula is C26H28F7NO3. The maximum atomic E-state index is 13.7. The highest BCUT2D eigenvalue weighted by atomic mass is 19.4. The molecule has 0 saturated carbocycles. The summed E-state index contributed by atoms with van der Waals surface area (Å²) in [4.78, 5) is 2.12. The van der Waals surface area contributed by atoms with E-state index in [9.17, 15) is 30.7 Å². The van der Waals surface area contributed by atoms with Gasteiger partial charge in [0.1, 0.15) is 5.82 Å². The van der Waals surface area contributed by atoms with Gasteiger partial charge in [0.2, 0.25) is 0 Å². The lowest BCUT2D eigenvalue weighted by molar-refractivity contribution is -0.223. The molecule has 2 fully saturated rings. The number of rotatable bonds is 5. The van der Waals surface area contributed by atoms with Crippen LogP contribution in [0.2, 0.25) is 0 Å². The van der Waals surface area contributed by atoms with Crippen LogP contribution < -0.4 is 0 Å². The average Bonchev–Trinajstić information content (AvgIpc) is 2.83. The van der Waals surface area contributed by atoms with Gasteiger partial charge in [-0.05, 0) is 61.9 Å². The molecule has 2 aliphatic rings. The second-order valence-corrected chi connectivity index (χ2v) is 9.56. The van der Waals surface area contributed by atoms with Crippen molar-refractivity contribution in [3.63, 3.8) is 0 Å². The van der Waals surface area contributed by atoms with E-state index < -0.39 is 47.6 Å². The third kappa shape index (κ3) is 6.63. The van der Waals surface area contributed by atoms with Crippen molar-refractivity contribution in [1.29, 1.82) is 0 Å². The molecule has 0 amide bonds. The zero-order valence-corrected chi connectivity index (χ0v) is 20.3. The molecule has 0 spiro atoms. The molecule has 2 aromatic rings. The first-order valence-electron chi connectivity index (χ1n) is 11.9. The Hall–Kier alpha value is -2.21. The number of nitrogens with zero attached hydrogens (tertiary/aromatic N) is 1. The molecule has 0 bridgehead atoms. The van der Waals surface area contributed by atoms with Gasteiger partial charge in [0.05, 0.1) is 36.5 Å². The van der Waals surface area contributed by atoms with E-state index in [0.717, 1.165) is 6.54 Å². The predicted octanol–water partition coefficient (Wildman–Crippen LogP) is 6.42. The van der Waals surface area contributed by atoms with Crippen molar-refractivity contribution in [2.45, 2.75) is 50.1 Å². The molecule has 0 N–H and O–H groups in total. The van der Waals surface area contributed by atoms with Crippen LogP contribution in [-0.4, -0.2) is 50.6 Å². The fraction of sp³-hybridized carbons (Fsp3) is 0.538. The SMILES string of the molecule is CC(OC1OCC[C@H](C2CN(C)CCO2)[C@H]1c1ccc(F)cc1)c1cc(C(F)(F)F)cc(C(F)(F)F)c1. The van der Waals surface area contributed by atoms with Gasteiger partial charge in [-0.15, -0.1) is 0 Å². The summed E-state index contributed by atoms with van der Waals surface area (Å²) in [7, 11) is 1.96. The van der Waals surface area contributed by atoms with Gasteiger partial charge in [-0.1, -0.05) is 12.1 Å². The van der Waals surface area contributed by atoms with Gasteiger partial charge in [-0.3, -0.25) is 0 Å². The van der Waals surface area contributed by atoms with Crippen LogP contribution in [0.1, 0.15) is 47.6 Å². The topological polar surface area (TPSA) is 30.9 Å². The normalized spacial score (nSPS) is 26.7. The van der Waals surface area contributed by atoms with Gasteiger partial charge in [-0.2, -0.15) is 26.3 Å². The Kier molecular flexibility index (Phi) is 8.18. The van der Waals surface area contributed by atoms with Crippen LogP contribution in [0.3, 0.4) is 0 Å². The molecule has 2 aromatic carbocycles. The second kappa shape index (κ2) is 10.9. The highest BCUT2D eigenvalue weighted by Gasteiger charge is 2.43. The minimum Gasteiger partial charge on any atom is -0.375 e. The number of hydrogen-bond donors (Lipinski definition) is 0. The number of benzene rings is 2. The lowest BCUT2D eigenvalue weighted by Gasteiger charge is -2.44. The third-order valence-corrected chi connectivity index (χ3v) is 6.93. The molecule has 2 heterocycles. The van der Waals surface area contributed by atoms with Crippen LogP contribution in [0.5, 0.6) is 0 Å². The quantitative estimate of drug-likeness (QED) is 0.414. The van der Waals surface area contributed by atoms with Gasteiger partial charge in [-0.25, -0.2) is 4.39 Å². The fourth-order valence-electron chi connectivity index (χ4n) is 5.00. The first-order valence-corrected chi connectivity index (χ1v) is 11.9. The maximum Gasteiger partial charge on any atom is 0.416 e. The number of halogens is 7. The van der Waals surface area contributed by atoms with Gasteiger partial charge >= 0.3 is 12.4 Å². The molecule has 2 saturated heterocycles. The van der Waals surface area contributed by atoms with E-state index in [1.807, 2.05) is 7.05 Å². The van der Waals surface area contributed by atoms with E-state index >= 15 is 0 Å². The number of ether oxygens (including phenoxy) is 3. The molecule has 5 atom stereocenters. The van der Waals surface area contributed by atoms with E-state index in [4.69, 9.17) is 14.2 Å². The van der Waals surface area contributed by atoms with Gasteiger partial charge in [0.15, 0.2) is 6.29 Å². The van der Waals surface area contributed by atoms with Crippen LogP contribution in [0, 0.1) is 11.7 Å². The first-order chi connectivity index (χ1) is 17.3. The Morgan fingerprint density at radius 1 is 0.919 bits per heavy atom. The molecule has 37 heavy (non-hydrogen) atoms. The molecule has 0 radical (unpaired) electrons. The van der Waals surface area contributed by atoms with Crippen molar-refractivity contribution in [2.75, 3.05) is 33.4 Å². The molecule has 0 aliphatic carbocycles. The van der Waals surface area contributed by atoms with Crippen LogP contribution in [0.15, 0.2) is 42.5 Å². The van der Waals surface area contributed by atoms with Gasteiger partial charge in [0.25, 0.3) is 0 Å². The third-order valence-electron chi connectivity index (χ3n) is 6.93. The number of likely N-dealkylation sites (N-methyl/N-ethyl adjacent to an activating group) is 1. The number of hydrogen-bond acceptors (Lipinski definition) is 4. The zero-order chi connectivity index (χ0) is 27.0. The summed E-state index contributed by atoms with van der Waals surface area (Å²) in [5.74, 6) is -1.06. The molecule has 2 aliphatic heterocycles. The Bertz CT molecular complexity index is 1030. The lowest BCUT2D eigenvalue weighted by atomic mass is 9.78. The van der Waals surface area contributed by atoms with Crippen molar-refractivity contribution in [2.24, 2.45) is 5.92 Å². The van der Waals surface area contributed by atoms with E-state index in [1.54, 1.807) is 12.1 Å². The van der Waals surface area contributed by atoms with Crippen LogP contribution in [-0.2, 0) is 26.6 Å². The Balaban J connectivity index is 1.66. The lowest BCUT2D eigenvalue weighted by Crippen LogP contribution is -2.49. The summed E-state index contributed by atoms with van der Waals surface area (Å²) in [6.45, 7) is 3.55. The summed E-state index contributed by atoms with van der Waals surface area (Å²) < 4.78 is 112. The van der Waals surface area contributed by atoms with Crippen molar-refractivity contribution >= 4 is 0 Å². The predicted molar refractivity (Wildman–Crippen MR) is 120 cm³/mol. The Labute approximate surface area is 210 Å². The van der Waals surface area contributed by atoms with E-state index in [1.165, 1.54) is 19.1 Å². The summed E-state index contributed by atoms with van der Waals surface area (Å²) in [6, 6.07) is 7.15. The highest BCUT2D eigenvalue weighted by molar-refractivity contribution is 5.35. The van der Waals surface area contributed by atoms with Crippen LogP contribution >= 0.6 is 0 Å². The summed E-state index contributed by atoms with van der Waals surface area (Å²) in [6.07, 6.45) is -11.7. The molecule has 11 heteroatoms. The van der Waals surface area contributed by atoms with Crippen molar-refractivity contribution < 1.29 is 44.9 Å². The maximum absolute atomic E-state index is 13.7. The minimum absolute atomic E-state index is 0.0849. The number of morpholine rings is 1. The molecule has 0 aromatic heterocycles. The van der Waals surface area contributed by atoms with Crippen LogP contribution in [0.4, 0.5) is 30.7 Å². The molecular weight excluding hydrogens is 507 g/mol. The van der Waals surface area contributed by atoms with Crippen molar-refractivity contribution in [3.05, 3.63) is 70.5 Å². The van der Waals surface area contributed by atoms with Gasteiger partial charge < -0.3 is 19.1 Å².